The van der Waals surface area contributed by atoms with E-state index in [-0.39, 0.29) is 11.3 Å². The van der Waals surface area contributed by atoms with Gasteiger partial charge in [-0.15, -0.1) is 0 Å². The van der Waals surface area contributed by atoms with Gasteiger partial charge in [-0.1, -0.05) is 32.9 Å². The van der Waals surface area contributed by atoms with Crippen LogP contribution < -0.4 is 4.74 Å². The highest BCUT2D eigenvalue weighted by molar-refractivity contribution is 5.80. The summed E-state index contributed by atoms with van der Waals surface area (Å²) in [6.07, 6.45) is -0.549. The van der Waals surface area contributed by atoms with Gasteiger partial charge in [0.15, 0.2) is 6.10 Å². The first-order valence-corrected chi connectivity index (χ1v) is 8.24. The van der Waals surface area contributed by atoms with Crippen LogP contribution in [-0.2, 0) is 16.8 Å². The summed E-state index contributed by atoms with van der Waals surface area (Å²) in [5.74, 6) is 2.23. The number of hydrogen-bond donors (Lipinski definition) is 0. The molecule has 130 valence electrons. The smallest absolute Gasteiger partial charge is 0.263 e. The molecule has 2 aromatic rings. The van der Waals surface area contributed by atoms with Crippen molar-refractivity contribution in [1.82, 2.24) is 4.90 Å². The number of aryl methyl sites for hydroxylation is 1. The van der Waals surface area contributed by atoms with Crippen molar-refractivity contribution in [1.29, 1.82) is 0 Å². The molecule has 4 nitrogen and oxygen atoms in total. The van der Waals surface area contributed by atoms with Crippen LogP contribution in [0.25, 0.3) is 0 Å². The molecule has 0 aliphatic heterocycles. The van der Waals surface area contributed by atoms with Crippen molar-refractivity contribution in [2.24, 2.45) is 0 Å². The van der Waals surface area contributed by atoms with Crippen molar-refractivity contribution in [2.45, 2.75) is 52.7 Å². The van der Waals surface area contributed by atoms with Crippen molar-refractivity contribution in [3.63, 3.8) is 0 Å². The van der Waals surface area contributed by atoms with E-state index in [4.69, 9.17) is 9.15 Å². The lowest BCUT2D eigenvalue weighted by Gasteiger charge is -2.22. The van der Waals surface area contributed by atoms with E-state index in [9.17, 15) is 4.79 Å². The molecule has 1 aromatic heterocycles. The van der Waals surface area contributed by atoms with E-state index in [1.807, 2.05) is 43.3 Å². The van der Waals surface area contributed by atoms with E-state index >= 15 is 0 Å². The number of carbonyl (C=O) groups excluding carboxylic acids is 1. The van der Waals surface area contributed by atoms with Gasteiger partial charge < -0.3 is 14.1 Å². The van der Waals surface area contributed by atoms with Crippen molar-refractivity contribution >= 4 is 5.91 Å². The molecule has 1 atom stereocenters. The molecule has 1 aromatic carbocycles. The van der Waals surface area contributed by atoms with Gasteiger partial charge in [0.05, 0.1) is 6.54 Å². The second kappa shape index (κ2) is 7.12. The zero-order chi connectivity index (χ0) is 17.9. The Kier molecular flexibility index (Phi) is 5.37. The van der Waals surface area contributed by atoms with Gasteiger partial charge in [0.2, 0.25) is 0 Å². The maximum Gasteiger partial charge on any atom is 0.263 e. The quantitative estimate of drug-likeness (QED) is 0.821. The molecule has 1 amide bonds. The van der Waals surface area contributed by atoms with E-state index in [2.05, 4.69) is 20.8 Å². The Hall–Kier alpha value is -2.23. The number of carbonyl (C=O) groups is 1. The highest BCUT2D eigenvalue weighted by atomic mass is 16.5. The fourth-order valence-electron chi connectivity index (χ4n) is 2.48. The lowest BCUT2D eigenvalue weighted by molar-refractivity contribution is -0.137. The minimum absolute atomic E-state index is 0.0797. The number of ether oxygens (including phenoxy) is 1. The molecular weight excluding hydrogens is 302 g/mol. The molecular formula is C20H27NO3. The molecule has 24 heavy (non-hydrogen) atoms. The number of benzene rings is 1. The minimum atomic E-state index is -0.549. The number of amides is 1. The van der Waals surface area contributed by atoms with Gasteiger partial charge in [-0.25, -0.2) is 0 Å². The van der Waals surface area contributed by atoms with Crippen LogP contribution in [0.15, 0.2) is 40.8 Å². The second-order valence-electron chi connectivity index (χ2n) is 7.24. The molecule has 4 heteroatoms. The Balaban J connectivity index is 1.95. The van der Waals surface area contributed by atoms with Crippen LogP contribution in [0.2, 0.25) is 0 Å². The van der Waals surface area contributed by atoms with Crippen LogP contribution in [-0.4, -0.2) is 24.0 Å². The molecule has 0 aliphatic carbocycles. The van der Waals surface area contributed by atoms with Crippen LogP contribution >= 0.6 is 0 Å². The Morgan fingerprint density at radius 2 is 1.79 bits per heavy atom. The molecule has 0 saturated heterocycles. The third-order valence-corrected chi connectivity index (χ3v) is 3.95. The van der Waals surface area contributed by atoms with Crippen LogP contribution in [0.1, 0.15) is 44.8 Å². The Morgan fingerprint density at radius 1 is 1.17 bits per heavy atom. The SMILES string of the molecule is Cc1ccc(CN(C)C(=O)C(C)Oc2ccc(C(C)(C)C)cc2)o1. The van der Waals surface area contributed by atoms with Gasteiger partial charge in [-0.3, -0.25) is 4.79 Å². The molecule has 0 fully saturated rings. The normalized spacial score (nSPS) is 12.8. The van der Waals surface area contributed by atoms with Crippen molar-refractivity contribution in [3.05, 3.63) is 53.5 Å². The Labute approximate surface area is 144 Å². The largest absolute Gasteiger partial charge is 0.481 e. The summed E-state index contributed by atoms with van der Waals surface area (Å²) >= 11 is 0. The molecule has 1 unspecified atom stereocenters. The van der Waals surface area contributed by atoms with Gasteiger partial charge in [-0.05, 0) is 49.1 Å². The van der Waals surface area contributed by atoms with Crippen LogP contribution in [0.3, 0.4) is 0 Å². The summed E-state index contributed by atoms with van der Waals surface area (Å²) in [5, 5.41) is 0. The first kappa shape index (κ1) is 18.1. The number of rotatable bonds is 5. The number of nitrogens with zero attached hydrogens (tertiary/aromatic N) is 1. The first-order valence-electron chi connectivity index (χ1n) is 8.24. The summed E-state index contributed by atoms with van der Waals surface area (Å²) < 4.78 is 11.3. The Morgan fingerprint density at radius 3 is 2.29 bits per heavy atom. The average Bonchev–Trinajstić information content (AvgIpc) is 2.91. The number of furan rings is 1. The minimum Gasteiger partial charge on any atom is -0.481 e. The summed E-state index contributed by atoms with van der Waals surface area (Å²) in [4.78, 5) is 14.1. The van der Waals surface area contributed by atoms with Crippen molar-refractivity contribution < 1.29 is 13.9 Å². The maximum atomic E-state index is 12.4. The van der Waals surface area contributed by atoms with Gasteiger partial charge in [0.25, 0.3) is 5.91 Å². The standard InChI is InChI=1S/C20H27NO3/c1-14-7-10-18(23-14)13-21(6)19(22)15(2)24-17-11-8-16(9-12-17)20(3,4)5/h7-12,15H,13H2,1-6H3. The summed E-state index contributed by atoms with van der Waals surface area (Å²) in [6, 6.07) is 11.7. The number of likely N-dealkylation sites (N-methyl/N-ethyl adjacent to an activating group) is 1. The predicted octanol–water partition coefficient (Wildman–Crippen LogP) is 4.31. The van der Waals surface area contributed by atoms with Crippen molar-refractivity contribution in [3.8, 4) is 5.75 Å². The highest BCUT2D eigenvalue weighted by Gasteiger charge is 2.20. The highest BCUT2D eigenvalue weighted by Crippen LogP contribution is 2.24. The fourth-order valence-corrected chi connectivity index (χ4v) is 2.48. The van der Waals surface area contributed by atoms with Crippen LogP contribution in [0.5, 0.6) is 5.75 Å². The van der Waals surface area contributed by atoms with E-state index in [0.29, 0.717) is 12.3 Å². The van der Waals surface area contributed by atoms with Gasteiger partial charge in [0.1, 0.15) is 17.3 Å². The summed E-state index contributed by atoms with van der Waals surface area (Å²) in [6.45, 7) is 10.6. The van der Waals surface area contributed by atoms with Gasteiger partial charge in [0, 0.05) is 7.05 Å². The summed E-state index contributed by atoms with van der Waals surface area (Å²) in [7, 11) is 1.75. The molecule has 1 heterocycles. The topological polar surface area (TPSA) is 42.7 Å². The van der Waals surface area contributed by atoms with Crippen LogP contribution in [0, 0.1) is 6.92 Å². The van der Waals surface area contributed by atoms with Gasteiger partial charge >= 0.3 is 0 Å². The molecule has 0 aliphatic rings. The van der Waals surface area contributed by atoms with Gasteiger partial charge in [-0.2, -0.15) is 0 Å². The third kappa shape index (κ3) is 4.63. The van der Waals surface area contributed by atoms with E-state index in [1.54, 1.807) is 18.9 Å². The second-order valence-corrected chi connectivity index (χ2v) is 7.24. The fraction of sp³-hybridized carbons (Fsp3) is 0.450. The molecule has 0 bridgehead atoms. The zero-order valence-electron chi connectivity index (χ0n) is 15.4. The van der Waals surface area contributed by atoms with Crippen molar-refractivity contribution in [2.75, 3.05) is 7.05 Å². The average molecular weight is 329 g/mol. The maximum absolute atomic E-state index is 12.4. The van der Waals surface area contributed by atoms with E-state index in [0.717, 1.165) is 11.5 Å². The van der Waals surface area contributed by atoms with Crippen LogP contribution in [0.4, 0.5) is 0 Å². The zero-order valence-corrected chi connectivity index (χ0v) is 15.4. The molecule has 0 radical (unpaired) electrons. The molecule has 0 N–H and O–H groups in total. The number of hydrogen-bond acceptors (Lipinski definition) is 3. The lowest BCUT2D eigenvalue weighted by Crippen LogP contribution is -2.37. The molecule has 0 spiro atoms. The van der Waals surface area contributed by atoms with E-state index < -0.39 is 6.10 Å². The van der Waals surface area contributed by atoms with E-state index in [1.165, 1.54) is 5.56 Å². The summed E-state index contributed by atoms with van der Waals surface area (Å²) in [5.41, 5.74) is 1.33. The monoisotopic (exact) mass is 329 g/mol. The molecule has 2 rings (SSSR count). The first-order chi connectivity index (χ1) is 11.2. The predicted molar refractivity (Wildman–Crippen MR) is 95.2 cm³/mol. The lowest BCUT2D eigenvalue weighted by atomic mass is 9.87. The molecule has 0 saturated carbocycles. The third-order valence-electron chi connectivity index (χ3n) is 3.95. The Bertz CT molecular complexity index is 680.